The first-order valence-electron chi connectivity index (χ1n) is 12.3. The number of hydrogen-bond donors (Lipinski definition) is 1. The van der Waals surface area contributed by atoms with Gasteiger partial charge in [0.25, 0.3) is 11.8 Å². The van der Waals surface area contributed by atoms with Gasteiger partial charge in [0.2, 0.25) is 0 Å². The predicted octanol–water partition coefficient (Wildman–Crippen LogP) is 3.89. The maximum atomic E-state index is 13.2. The quantitative estimate of drug-likeness (QED) is 0.389. The summed E-state index contributed by atoms with van der Waals surface area (Å²) in [6, 6.07) is 23.4. The minimum Gasteiger partial charge on any atom is -0.351 e. The number of fused-ring (bicyclic) bond motifs is 1. The number of carbonyl (C=O) groups is 2. The van der Waals surface area contributed by atoms with E-state index >= 15 is 0 Å². The SMILES string of the molecule is O=C(NCCCc1ccccc1)c1nn(Cc2ccncc2)c2c1CN(C(=O)c1ccccc1)CC2. The molecule has 1 N–H and O–H groups in total. The Morgan fingerprint density at radius 3 is 2.36 bits per heavy atom. The van der Waals surface area contributed by atoms with E-state index in [1.807, 2.05) is 70.2 Å². The third-order valence-electron chi connectivity index (χ3n) is 6.51. The molecule has 2 amide bonds. The van der Waals surface area contributed by atoms with E-state index in [9.17, 15) is 9.59 Å². The third kappa shape index (κ3) is 5.35. The molecular weight excluding hydrogens is 450 g/mol. The lowest BCUT2D eigenvalue weighted by Gasteiger charge is -2.28. The third-order valence-corrected chi connectivity index (χ3v) is 6.51. The zero-order valence-corrected chi connectivity index (χ0v) is 20.1. The van der Waals surface area contributed by atoms with Crippen molar-refractivity contribution in [2.75, 3.05) is 13.1 Å². The van der Waals surface area contributed by atoms with Crippen LogP contribution < -0.4 is 5.32 Å². The molecule has 0 saturated heterocycles. The highest BCUT2D eigenvalue weighted by molar-refractivity contribution is 5.96. The molecule has 36 heavy (non-hydrogen) atoms. The molecule has 1 aliphatic rings. The Labute approximate surface area is 210 Å². The lowest BCUT2D eigenvalue weighted by Crippen LogP contribution is -2.37. The molecular formula is C29H29N5O2. The van der Waals surface area contributed by atoms with Gasteiger partial charge in [-0.05, 0) is 48.2 Å². The second-order valence-corrected chi connectivity index (χ2v) is 8.97. The molecule has 3 heterocycles. The Bertz CT molecular complexity index is 1320. The molecule has 0 fully saturated rings. The van der Waals surface area contributed by atoms with Crippen LogP contribution in [0.3, 0.4) is 0 Å². The lowest BCUT2D eigenvalue weighted by atomic mass is 10.0. The average molecular weight is 480 g/mol. The van der Waals surface area contributed by atoms with Crippen LogP contribution in [0.1, 0.15) is 49.7 Å². The first-order valence-corrected chi connectivity index (χ1v) is 12.3. The molecule has 0 radical (unpaired) electrons. The highest BCUT2D eigenvalue weighted by Crippen LogP contribution is 2.25. The van der Waals surface area contributed by atoms with Crippen molar-refractivity contribution in [1.29, 1.82) is 0 Å². The van der Waals surface area contributed by atoms with Crippen molar-refractivity contribution in [2.24, 2.45) is 0 Å². The molecule has 0 aliphatic carbocycles. The van der Waals surface area contributed by atoms with Crippen molar-refractivity contribution in [3.8, 4) is 0 Å². The van der Waals surface area contributed by atoms with Crippen LogP contribution >= 0.6 is 0 Å². The zero-order chi connectivity index (χ0) is 24.7. The van der Waals surface area contributed by atoms with Crippen LogP contribution in [0.4, 0.5) is 0 Å². The molecule has 182 valence electrons. The van der Waals surface area contributed by atoms with E-state index in [1.54, 1.807) is 12.4 Å². The molecule has 4 aromatic rings. The monoisotopic (exact) mass is 479 g/mol. The van der Waals surface area contributed by atoms with E-state index in [2.05, 4.69) is 22.4 Å². The second-order valence-electron chi connectivity index (χ2n) is 8.97. The van der Waals surface area contributed by atoms with Gasteiger partial charge < -0.3 is 10.2 Å². The van der Waals surface area contributed by atoms with E-state index in [-0.39, 0.29) is 11.8 Å². The molecule has 2 aromatic carbocycles. The van der Waals surface area contributed by atoms with Crippen LogP contribution in [-0.2, 0) is 25.9 Å². The van der Waals surface area contributed by atoms with Gasteiger partial charge in [-0.2, -0.15) is 5.10 Å². The van der Waals surface area contributed by atoms with Gasteiger partial charge in [-0.15, -0.1) is 0 Å². The smallest absolute Gasteiger partial charge is 0.272 e. The van der Waals surface area contributed by atoms with E-state index in [1.165, 1.54) is 5.56 Å². The standard InChI is InChI=1S/C29H29N5O2/c35-28(31-16-7-10-22-8-3-1-4-9-22)27-25-21-33(29(36)24-11-5-2-6-12-24)19-15-26(25)34(32-27)20-23-13-17-30-18-14-23/h1-6,8-9,11-14,17-18H,7,10,15-16,19-21H2,(H,31,35). The summed E-state index contributed by atoms with van der Waals surface area (Å²) in [6.45, 7) is 2.07. The Kier molecular flexibility index (Phi) is 7.17. The highest BCUT2D eigenvalue weighted by Gasteiger charge is 2.30. The second kappa shape index (κ2) is 11.0. The Morgan fingerprint density at radius 2 is 1.61 bits per heavy atom. The summed E-state index contributed by atoms with van der Waals surface area (Å²) in [5.41, 5.74) is 5.22. The molecule has 0 bridgehead atoms. The van der Waals surface area contributed by atoms with Gasteiger partial charge in [0.1, 0.15) is 0 Å². The summed E-state index contributed by atoms with van der Waals surface area (Å²) >= 11 is 0. The van der Waals surface area contributed by atoms with Crippen molar-refractivity contribution in [2.45, 2.75) is 32.4 Å². The topological polar surface area (TPSA) is 80.1 Å². The number of amides is 2. The maximum Gasteiger partial charge on any atom is 0.272 e. The van der Waals surface area contributed by atoms with Crippen LogP contribution in [0, 0.1) is 0 Å². The van der Waals surface area contributed by atoms with Crippen LogP contribution in [0.15, 0.2) is 85.2 Å². The van der Waals surface area contributed by atoms with Gasteiger partial charge in [-0.3, -0.25) is 19.3 Å². The van der Waals surface area contributed by atoms with Crippen molar-refractivity contribution in [1.82, 2.24) is 25.0 Å². The Balaban J connectivity index is 1.34. The van der Waals surface area contributed by atoms with E-state index in [0.29, 0.717) is 43.9 Å². The van der Waals surface area contributed by atoms with Crippen molar-refractivity contribution in [3.63, 3.8) is 0 Å². The first kappa shape index (κ1) is 23.5. The number of rotatable bonds is 8. The molecule has 5 rings (SSSR count). The molecule has 0 atom stereocenters. The number of carbonyl (C=O) groups excluding carboxylic acids is 2. The zero-order valence-electron chi connectivity index (χ0n) is 20.1. The predicted molar refractivity (Wildman–Crippen MR) is 138 cm³/mol. The fourth-order valence-corrected chi connectivity index (χ4v) is 4.62. The van der Waals surface area contributed by atoms with Crippen LogP contribution in [0.5, 0.6) is 0 Å². The van der Waals surface area contributed by atoms with Gasteiger partial charge in [0, 0.05) is 48.7 Å². The number of hydrogen-bond acceptors (Lipinski definition) is 4. The van der Waals surface area contributed by atoms with Gasteiger partial charge in [0.05, 0.1) is 13.1 Å². The number of aryl methyl sites for hydroxylation is 1. The summed E-state index contributed by atoms with van der Waals surface area (Å²) < 4.78 is 1.91. The summed E-state index contributed by atoms with van der Waals surface area (Å²) in [5.74, 6) is -0.223. The molecule has 1 aliphatic heterocycles. The first-order chi connectivity index (χ1) is 17.7. The van der Waals surface area contributed by atoms with E-state index in [4.69, 9.17) is 5.10 Å². The fraction of sp³-hybridized carbons (Fsp3) is 0.241. The average Bonchev–Trinajstić information content (AvgIpc) is 3.29. The largest absolute Gasteiger partial charge is 0.351 e. The normalized spacial score (nSPS) is 12.7. The lowest BCUT2D eigenvalue weighted by molar-refractivity contribution is 0.0730. The maximum absolute atomic E-state index is 13.2. The highest BCUT2D eigenvalue weighted by atomic mass is 16.2. The number of pyridine rings is 1. The molecule has 0 spiro atoms. The fourth-order valence-electron chi connectivity index (χ4n) is 4.62. The van der Waals surface area contributed by atoms with Crippen LogP contribution in [-0.4, -0.2) is 44.6 Å². The van der Waals surface area contributed by atoms with E-state index < -0.39 is 0 Å². The van der Waals surface area contributed by atoms with Crippen molar-refractivity contribution >= 4 is 11.8 Å². The van der Waals surface area contributed by atoms with E-state index in [0.717, 1.165) is 29.7 Å². The van der Waals surface area contributed by atoms with Gasteiger partial charge in [0.15, 0.2) is 5.69 Å². The van der Waals surface area contributed by atoms with Gasteiger partial charge >= 0.3 is 0 Å². The van der Waals surface area contributed by atoms with Crippen molar-refractivity contribution < 1.29 is 9.59 Å². The number of aromatic nitrogens is 3. The Morgan fingerprint density at radius 1 is 0.889 bits per heavy atom. The Hall–Kier alpha value is -4.26. The van der Waals surface area contributed by atoms with Crippen molar-refractivity contribution in [3.05, 3.63) is 119 Å². The summed E-state index contributed by atoms with van der Waals surface area (Å²) in [4.78, 5) is 32.3. The minimum absolute atomic E-state index is 0.0302. The number of nitrogens with zero attached hydrogens (tertiary/aromatic N) is 4. The summed E-state index contributed by atoms with van der Waals surface area (Å²) in [7, 11) is 0. The van der Waals surface area contributed by atoms with Gasteiger partial charge in [-0.25, -0.2) is 0 Å². The summed E-state index contributed by atoms with van der Waals surface area (Å²) in [5, 5.41) is 7.78. The molecule has 2 aromatic heterocycles. The van der Waals surface area contributed by atoms with Crippen LogP contribution in [0.2, 0.25) is 0 Å². The molecule has 0 saturated carbocycles. The minimum atomic E-state index is -0.193. The molecule has 0 unspecified atom stereocenters. The van der Waals surface area contributed by atoms with Gasteiger partial charge in [-0.1, -0.05) is 48.5 Å². The molecule has 7 heteroatoms. The number of benzene rings is 2. The number of nitrogens with one attached hydrogen (secondary N) is 1. The van der Waals surface area contributed by atoms with Crippen LogP contribution in [0.25, 0.3) is 0 Å². The summed E-state index contributed by atoms with van der Waals surface area (Å²) in [6.07, 6.45) is 5.90. The molecule has 7 nitrogen and oxygen atoms in total.